The van der Waals surface area contributed by atoms with Crippen molar-refractivity contribution in [3.8, 4) is 17.2 Å². The zero-order chi connectivity index (χ0) is 30.3. The number of phenols is 1. The van der Waals surface area contributed by atoms with E-state index in [1.165, 1.54) is 27.0 Å². The van der Waals surface area contributed by atoms with Gasteiger partial charge in [0, 0.05) is 24.4 Å². The van der Waals surface area contributed by atoms with E-state index in [4.69, 9.17) is 19.4 Å². The molecule has 2 aliphatic rings. The minimum absolute atomic E-state index is 0.00436. The van der Waals surface area contributed by atoms with Gasteiger partial charge in [0.1, 0.15) is 28.2 Å². The lowest BCUT2D eigenvalue weighted by molar-refractivity contribution is -0.144. The zero-order valence-electron chi connectivity index (χ0n) is 23.3. The van der Waals surface area contributed by atoms with Crippen LogP contribution in [0.3, 0.4) is 0 Å². The molecule has 3 aromatic rings. The number of fused-ring (bicyclic) bond motifs is 4. The molecular weight excluding hydrogens is 544 g/mol. The first-order valence-electron chi connectivity index (χ1n) is 13.0. The van der Waals surface area contributed by atoms with E-state index in [2.05, 4.69) is 10.8 Å². The van der Waals surface area contributed by atoms with Crippen LogP contribution in [0.2, 0.25) is 0 Å². The first-order chi connectivity index (χ1) is 20.0. The fourth-order valence-electron chi connectivity index (χ4n) is 5.42. The molecule has 0 saturated carbocycles. The number of ketones is 2. The van der Waals surface area contributed by atoms with Gasteiger partial charge in [-0.2, -0.15) is 0 Å². The topological polar surface area (TPSA) is 160 Å². The summed E-state index contributed by atoms with van der Waals surface area (Å²) in [5.41, 5.74) is 2.16. The quantitative estimate of drug-likeness (QED) is 0.179. The highest BCUT2D eigenvalue weighted by Crippen LogP contribution is 2.56. The van der Waals surface area contributed by atoms with Gasteiger partial charge in [-0.1, -0.05) is 36.4 Å². The first-order valence-corrected chi connectivity index (χ1v) is 13.0. The van der Waals surface area contributed by atoms with Gasteiger partial charge in [0.05, 0.1) is 18.2 Å². The highest BCUT2D eigenvalue weighted by Gasteiger charge is 2.56. The van der Waals surface area contributed by atoms with Gasteiger partial charge in [-0.05, 0) is 42.7 Å². The van der Waals surface area contributed by atoms with Crippen molar-refractivity contribution in [3.63, 3.8) is 0 Å². The molecule has 1 atom stereocenters. The minimum atomic E-state index is -1.67. The van der Waals surface area contributed by atoms with Crippen LogP contribution in [-0.4, -0.2) is 47.4 Å². The average molecular weight is 573 g/mol. The number of carboxylic acid groups (broad SMARTS) is 1. The van der Waals surface area contributed by atoms with E-state index in [9.17, 15) is 24.3 Å². The van der Waals surface area contributed by atoms with Crippen molar-refractivity contribution < 1.29 is 43.7 Å². The number of carbonyl (C=O) groups excluding carboxylic acids is 3. The van der Waals surface area contributed by atoms with E-state index >= 15 is 0 Å². The molecule has 3 aromatic carbocycles. The van der Waals surface area contributed by atoms with Crippen LogP contribution in [0.5, 0.6) is 17.2 Å². The molecule has 0 radical (unpaired) electrons. The number of nitrogens with one attached hydrogen (secondary N) is 2. The lowest BCUT2D eigenvalue weighted by atomic mass is 9.70. The van der Waals surface area contributed by atoms with Crippen LogP contribution in [0.15, 0.2) is 65.6 Å². The van der Waals surface area contributed by atoms with E-state index in [0.29, 0.717) is 0 Å². The van der Waals surface area contributed by atoms with Gasteiger partial charge in [-0.25, -0.2) is 4.79 Å². The van der Waals surface area contributed by atoms with E-state index in [0.717, 1.165) is 28.0 Å². The second kappa shape index (κ2) is 10.7. The Morgan fingerprint density at radius 1 is 1.12 bits per heavy atom. The van der Waals surface area contributed by atoms with Gasteiger partial charge in [0.25, 0.3) is 5.91 Å². The molecule has 11 heteroatoms. The van der Waals surface area contributed by atoms with E-state index in [-0.39, 0.29) is 51.9 Å². The van der Waals surface area contributed by atoms with E-state index in [1.807, 2.05) is 43.3 Å². The van der Waals surface area contributed by atoms with Crippen molar-refractivity contribution >= 4 is 34.2 Å². The molecule has 1 aliphatic heterocycles. The van der Waals surface area contributed by atoms with Gasteiger partial charge < -0.3 is 25.0 Å². The largest absolute Gasteiger partial charge is 0.507 e. The summed E-state index contributed by atoms with van der Waals surface area (Å²) < 4.78 is 11.4. The number of benzene rings is 3. The van der Waals surface area contributed by atoms with Gasteiger partial charge in [0.2, 0.25) is 0 Å². The highest BCUT2D eigenvalue weighted by atomic mass is 16.7. The van der Waals surface area contributed by atoms with Crippen LogP contribution < -0.4 is 20.3 Å². The Labute approximate surface area is 240 Å². The number of amides is 1. The summed E-state index contributed by atoms with van der Waals surface area (Å²) in [6, 6.07) is 13.0. The number of carboxylic acids is 1. The van der Waals surface area contributed by atoms with Crippen LogP contribution in [-0.2, 0) is 31.2 Å². The van der Waals surface area contributed by atoms with Crippen molar-refractivity contribution in [2.45, 2.75) is 32.7 Å². The third-order valence-electron chi connectivity index (χ3n) is 7.56. The lowest BCUT2D eigenvalue weighted by Gasteiger charge is -2.28. The molecule has 1 aliphatic carbocycles. The van der Waals surface area contributed by atoms with Crippen LogP contribution in [0.4, 0.5) is 0 Å². The molecule has 0 spiro atoms. The van der Waals surface area contributed by atoms with Crippen molar-refractivity contribution in [2.24, 2.45) is 0 Å². The molecule has 4 N–H and O–H groups in total. The highest BCUT2D eigenvalue weighted by molar-refractivity contribution is 6.31. The van der Waals surface area contributed by atoms with Crippen molar-refractivity contribution in [2.75, 3.05) is 13.7 Å². The number of hydroxylamine groups is 1. The number of ether oxygens (including phenoxy) is 2. The Balaban J connectivity index is 1.55. The SMILES string of the molecule is COc1cc(O)c2c(c1C(=O)NCc1c(C)ccc3ccccc13)OC1=CC(=O)C(=C(C)NOCC(=O)O)C(=O)[C@]12C. The van der Waals surface area contributed by atoms with Crippen LogP contribution in [0.25, 0.3) is 10.8 Å². The third-order valence-corrected chi connectivity index (χ3v) is 7.56. The number of aliphatic carboxylic acids is 1. The number of aromatic hydroxyl groups is 1. The smallest absolute Gasteiger partial charge is 0.332 e. The number of aryl methyl sites for hydroxylation is 1. The number of carbonyl (C=O) groups is 4. The summed E-state index contributed by atoms with van der Waals surface area (Å²) in [5, 5.41) is 24.8. The second-order valence-electron chi connectivity index (χ2n) is 10.2. The molecular formula is C31H28N2O9. The summed E-state index contributed by atoms with van der Waals surface area (Å²) in [6.45, 7) is 4.27. The van der Waals surface area contributed by atoms with Gasteiger partial charge in [-0.15, -0.1) is 0 Å². The molecule has 216 valence electrons. The Hall–Kier alpha value is -5.16. The fraction of sp³-hybridized carbons (Fsp3) is 0.226. The molecule has 0 aromatic heterocycles. The Kier molecular flexibility index (Phi) is 7.21. The van der Waals surface area contributed by atoms with Crippen LogP contribution >= 0.6 is 0 Å². The minimum Gasteiger partial charge on any atom is -0.507 e. The normalized spacial score (nSPS) is 18.5. The molecule has 0 bridgehead atoms. The predicted molar refractivity (Wildman–Crippen MR) is 150 cm³/mol. The number of rotatable bonds is 8. The van der Waals surface area contributed by atoms with E-state index in [1.54, 1.807) is 0 Å². The Bertz CT molecular complexity index is 1750. The zero-order valence-corrected chi connectivity index (χ0v) is 23.3. The molecule has 0 saturated heterocycles. The maximum absolute atomic E-state index is 13.8. The molecule has 1 heterocycles. The second-order valence-corrected chi connectivity index (χ2v) is 10.2. The monoisotopic (exact) mass is 572 g/mol. The number of methoxy groups -OCH3 is 1. The van der Waals surface area contributed by atoms with Crippen LogP contribution in [0, 0.1) is 6.92 Å². The Morgan fingerprint density at radius 2 is 1.86 bits per heavy atom. The number of Topliss-reactive ketones (excluding diaryl/α,β-unsaturated/α-hetero) is 1. The molecule has 0 unspecified atom stereocenters. The Morgan fingerprint density at radius 3 is 2.57 bits per heavy atom. The number of phenolic OH excluding ortho intramolecular Hbond substituents is 1. The molecule has 42 heavy (non-hydrogen) atoms. The predicted octanol–water partition coefficient (Wildman–Crippen LogP) is 3.36. The molecule has 11 nitrogen and oxygen atoms in total. The molecule has 5 rings (SSSR count). The summed E-state index contributed by atoms with van der Waals surface area (Å²) in [4.78, 5) is 56.2. The van der Waals surface area contributed by atoms with Crippen molar-refractivity contribution in [1.82, 2.24) is 10.8 Å². The number of allylic oxidation sites excluding steroid dienone is 4. The summed E-state index contributed by atoms with van der Waals surface area (Å²) in [7, 11) is 1.33. The summed E-state index contributed by atoms with van der Waals surface area (Å²) in [5.74, 6) is -3.82. The maximum atomic E-state index is 13.8. The maximum Gasteiger partial charge on any atom is 0.332 e. The van der Waals surface area contributed by atoms with Gasteiger partial charge in [0.15, 0.2) is 23.9 Å². The van der Waals surface area contributed by atoms with Gasteiger partial charge >= 0.3 is 5.97 Å². The average Bonchev–Trinajstić information content (AvgIpc) is 3.25. The molecule has 1 amide bonds. The third kappa shape index (κ3) is 4.53. The number of hydrogen-bond donors (Lipinski definition) is 4. The van der Waals surface area contributed by atoms with Crippen molar-refractivity contribution in [3.05, 3.63) is 87.8 Å². The first kappa shape index (κ1) is 28.4. The summed E-state index contributed by atoms with van der Waals surface area (Å²) >= 11 is 0. The summed E-state index contributed by atoms with van der Waals surface area (Å²) in [6.07, 6.45) is 1.10. The fourth-order valence-corrected chi connectivity index (χ4v) is 5.42. The molecule has 0 fully saturated rings. The standard InChI is InChI=1S/C31H28N2O9/c1-15-9-10-17-7-5-6-8-18(17)19(15)13-32-30(39)26-22(40-4)11-21(35)27-28(26)42-23-12-20(34)25(29(38)31(23,27)3)16(2)33-41-14-24(36)37/h5-12,33,35H,13-14H2,1-4H3,(H,32,39)(H,36,37)/t31-/m1/s1. The van der Waals surface area contributed by atoms with Crippen LogP contribution in [0.1, 0.15) is 40.9 Å². The lowest BCUT2D eigenvalue weighted by Crippen LogP contribution is -2.41. The van der Waals surface area contributed by atoms with E-state index < -0.39 is 35.5 Å². The van der Waals surface area contributed by atoms with Gasteiger partial charge in [-0.3, -0.25) is 24.7 Å². The van der Waals surface area contributed by atoms with Crippen molar-refractivity contribution in [1.29, 1.82) is 0 Å². The number of hydrogen-bond acceptors (Lipinski definition) is 9.